The maximum Gasteiger partial charge on any atom is 0.220 e. The molecule has 1 saturated heterocycles. The number of amides is 1. The highest BCUT2D eigenvalue weighted by Gasteiger charge is 2.23. The normalized spacial score (nSPS) is 17.2. The van der Waals surface area contributed by atoms with Crippen molar-refractivity contribution in [3.63, 3.8) is 0 Å². The summed E-state index contributed by atoms with van der Waals surface area (Å²) in [4.78, 5) is 19.3. The van der Waals surface area contributed by atoms with E-state index in [1.807, 2.05) is 12.4 Å². The van der Waals surface area contributed by atoms with Crippen molar-refractivity contribution in [1.29, 1.82) is 0 Å². The van der Waals surface area contributed by atoms with Gasteiger partial charge >= 0.3 is 0 Å². The molecule has 0 spiro atoms. The highest BCUT2D eigenvalue weighted by molar-refractivity contribution is 7.98. The van der Waals surface area contributed by atoms with E-state index in [0.717, 1.165) is 26.1 Å². The largest absolute Gasteiger partial charge is 0.352 e. The van der Waals surface area contributed by atoms with E-state index in [4.69, 9.17) is 0 Å². The van der Waals surface area contributed by atoms with Gasteiger partial charge in [0.15, 0.2) is 0 Å². The second-order valence-corrected chi connectivity index (χ2v) is 7.06. The molecule has 2 aromatic rings. The number of carbonyl (C=O) groups excluding carboxylic acids is 1. The van der Waals surface area contributed by atoms with Crippen LogP contribution in [0.1, 0.15) is 24.0 Å². The minimum absolute atomic E-state index is 0.174. The number of thioether (sulfide) groups is 1. The topological polar surface area (TPSA) is 45.2 Å². The quantitative estimate of drug-likeness (QED) is 0.786. The van der Waals surface area contributed by atoms with Gasteiger partial charge in [-0.1, -0.05) is 12.1 Å². The van der Waals surface area contributed by atoms with Crippen LogP contribution in [0, 0.1) is 0 Å². The maximum atomic E-state index is 11.5. The number of rotatable bonds is 7. The molecule has 1 aromatic heterocycles. The third-order valence-electron chi connectivity index (χ3n) is 4.26. The summed E-state index contributed by atoms with van der Waals surface area (Å²) in [5.41, 5.74) is 2.55. The molecule has 1 aliphatic rings. The Labute approximate surface area is 147 Å². The molecular weight excluding hydrogens is 318 g/mol. The van der Waals surface area contributed by atoms with Gasteiger partial charge in [-0.25, -0.2) is 0 Å². The molecule has 0 aliphatic carbocycles. The Hall–Kier alpha value is -1.85. The second kappa shape index (κ2) is 8.31. The number of hydrogen-bond acceptors (Lipinski definition) is 4. The molecule has 1 aromatic carbocycles. The summed E-state index contributed by atoms with van der Waals surface area (Å²) in [6.45, 7) is 2.61. The third kappa shape index (κ3) is 4.82. The van der Waals surface area contributed by atoms with Crippen molar-refractivity contribution in [3.05, 3.63) is 59.9 Å². The summed E-state index contributed by atoms with van der Waals surface area (Å²) in [5.74, 6) is 0.174. The molecule has 1 aliphatic heterocycles. The first-order chi connectivity index (χ1) is 11.7. The lowest BCUT2D eigenvalue weighted by molar-refractivity contribution is -0.119. The van der Waals surface area contributed by atoms with Crippen LogP contribution in [-0.4, -0.2) is 34.6 Å². The number of carbonyl (C=O) groups is 1. The van der Waals surface area contributed by atoms with Crippen LogP contribution in [-0.2, 0) is 17.9 Å². The first-order valence-electron chi connectivity index (χ1n) is 8.26. The minimum atomic E-state index is 0.174. The molecule has 0 radical (unpaired) electrons. The van der Waals surface area contributed by atoms with Gasteiger partial charge in [-0.15, -0.1) is 11.8 Å². The third-order valence-corrected chi connectivity index (χ3v) is 4.98. The molecule has 5 heteroatoms. The fourth-order valence-electron chi connectivity index (χ4n) is 3.09. The average Bonchev–Trinajstić information content (AvgIpc) is 3.01. The Bertz CT molecular complexity index is 677. The van der Waals surface area contributed by atoms with Gasteiger partial charge in [-0.2, -0.15) is 0 Å². The number of aromatic nitrogens is 1. The Balaban J connectivity index is 1.71. The van der Waals surface area contributed by atoms with E-state index < -0.39 is 0 Å². The number of pyridine rings is 1. The van der Waals surface area contributed by atoms with Crippen LogP contribution < -0.4 is 5.32 Å². The lowest BCUT2D eigenvalue weighted by atomic mass is 10.1. The molecule has 4 nitrogen and oxygen atoms in total. The van der Waals surface area contributed by atoms with E-state index in [2.05, 4.69) is 57.9 Å². The predicted molar refractivity (Wildman–Crippen MR) is 97.7 cm³/mol. The smallest absolute Gasteiger partial charge is 0.220 e. The zero-order valence-electron chi connectivity index (χ0n) is 13.9. The van der Waals surface area contributed by atoms with E-state index in [1.54, 1.807) is 11.8 Å². The van der Waals surface area contributed by atoms with Gasteiger partial charge in [0.2, 0.25) is 5.91 Å². The Morgan fingerprint density at radius 1 is 1.21 bits per heavy atom. The van der Waals surface area contributed by atoms with Gasteiger partial charge in [0.25, 0.3) is 0 Å². The monoisotopic (exact) mass is 341 g/mol. The zero-order chi connectivity index (χ0) is 16.8. The number of nitrogens with zero attached hydrogens (tertiary/aromatic N) is 2. The van der Waals surface area contributed by atoms with Crippen LogP contribution in [0.4, 0.5) is 0 Å². The summed E-state index contributed by atoms with van der Waals surface area (Å²) in [7, 11) is 0. The van der Waals surface area contributed by atoms with Gasteiger partial charge in [-0.05, 0) is 48.1 Å². The molecule has 1 amide bonds. The Morgan fingerprint density at radius 2 is 2.00 bits per heavy atom. The van der Waals surface area contributed by atoms with Crippen molar-refractivity contribution in [2.45, 2.75) is 36.9 Å². The Morgan fingerprint density at radius 3 is 2.71 bits per heavy atom. The van der Waals surface area contributed by atoms with Gasteiger partial charge in [0.05, 0.1) is 0 Å². The Kier molecular flexibility index (Phi) is 5.88. The van der Waals surface area contributed by atoms with Crippen molar-refractivity contribution in [3.8, 4) is 0 Å². The van der Waals surface area contributed by atoms with Crippen molar-refractivity contribution in [2.24, 2.45) is 0 Å². The van der Waals surface area contributed by atoms with Crippen molar-refractivity contribution < 1.29 is 4.79 Å². The van der Waals surface area contributed by atoms with Gasteiger partial charge in [-0.3, -0.25) is 14.7 Å². The summed E-state index contributed by atoms with van der Waals surface area (Å²) < 4.78 is 0. The second-order valence-electron chi connectivity index (χ2n) is 6.18. The molecule has 1 fully saturated rings. The van der Waals surface area contributed by atoms with E-state index in [1.165, 1.54) is 16.0 Å². The molecule has 0 bridgehead atoms. The first kappa shape index (κ1) is 17.0. The van der Waals surface area contributed by atoms with Crippen LogP contribution >= 0.6 is 11.8 Å². The fraction of sp³-hybridized carbons (Fsp3) is 0.368. The molecule has 1 N–H and O–H groups in total. The zero-order valence-corrected chi connectivity index (χ0v) is 14.8. The fourth-order valence-corrected chi connectivity index (χ4v) is 3.57. The van der Waals surface area contributed by atoms with Crippen LogP contribution in [0.5, 0.6) is 0 Å². The molecule has 1 atom stereocenters. The summed E-state index contributed by atoms with van der Waals surface area (Å²) in [6, 6.07) is 13.0. The number of benzene rings is 1. The molecule has 0 saturated carbocycles. The number of nitrogens with one attached hydrogen (secondary N) is 1. The molecule has 3 rings (SSSR count). The van der Waals surface area contributed by atoms with Gasteiger partial charge < -0.3 is 5.32 Å². The van der Waals surface area contributed by atoms with Gasteiger partial charge in [0.1, 0.15) is 0 Å². The van der Waals surface area contributed by atoms with E-state index in [9.17, 15) is 4.79 Å². The maximum absolute atomic E-state index is 11.5. The van der Waals surface area contributed by atoms with Crippen LogP contribution in [0.2, 0.25) is 0 Å². The molecule has 2 heterocycles. The van der Waals surface area contributed by atoms with E-state index in [0.29, 0.717) is 6.42 Å². The standard InChI is InChI=1S/C19H23N3OS/c1-24-18-4-2-3-16(11-18)13-22(12-15-7-9-20-10-8-15)14-17-5-6-19(23)21-17/h2-4,7-11,17H,5-6,12-14H2,1H3,(H,21,23)/t17-/m0/s1. The van der Waals surface area contributed by atoms with Crippen molar-refractivity contribution >= 4 is 17.7 Å². The molecule has 24 heavy (non-hydrogen) atoms. The molecule has 0 unspecified atom stereocenters. The van der Waals surface area contributed by atoms with Crippen LogP contribution in [0.15, 0.2) is 53.7 Å². The van der Waals surface area contributed by atoms with E-state index in [-0.39, 0.29) is 11.9 Å². The summed E-state index contributed by atoms with van der Waals surface area (Å²) in [6.07, 6.45) is 7.34. The summed E-state index contributed by atoms with van der Waals surface area (Å²) in [5, 5.41) is 3.08. The lowest BCUT2D eigenvalue weighted by Gasteiger charge is -2.26. The van der Waals surface area contributed by atoms with Crippen LogP contribution in [0.25, 0.3) is 0 Å². The van der Waals surface area contributed by atoms with Gasteiger partial charge in [0, 0.05) is 49.4 Å². The first-order valence-corrected chi connectivity index (χ1v) is 9.49. The summed E-state index contributed by atoms with van der Waals surface area (Å²) >= 11 is 1.76. The average molecular weight is 341 g/mol. The van der Waals surface area contributed by atoms with Crippen molar-refractivity contribution in [1.82, 2.24) is 15.2 Å². The van der Waals surface area contributed by atoms with Crippen LogP contribution in [0.3, 0.4) is 0 Å². The highest BCUT2D eigenvalue weighted by atomic mass is 32.2. The SMILES string of the molecule is CSc1cccc(CN(Cc2ccncc2)C[C@@H]2CCC(=O)N2)c1. The molecular formula is C19H23N3OS. The van der Waals surface area contributed by atoms with Crippen molar-refractivity contribution in [2.75, 3.05) is 12.8 Å². The number of hydrogen-bond donors (Lipinski definition) is 1. The predicted octanol–water partition coefficient (Wildman–Crippen LogP) is 3.08. The lowest BCUT2D eigenvalue weighted by Crippen LogP contribution is -2.38. The minimum Gasteiger partial charge on any atom is -0.352 e. The molecule has 126 valence electrons. The highest BCUT2D eigenvalue weighted by Crippen LogP contribution is 2.19. The van der Waals surface area contributed by atoms with E-state index >= 15 is 0 Å².